The minimum atomic E-state index is -4.38. The van der Waals surface area contributed by atoms with Gasteiger partial charge in [-0.25, -0.2) is 9.78 Å². The van der Waals surface area contributed by atoms with Crippen LogP contribution in [0, 0.1) is 5.92 Å². The number of rotatable bonds is 6. The van der Waals surface area contributed by atoms with E-state index in [1.54, 1.807) is 6.07 Å². The van der Waals surface area contributed by atoms with E-state index in [0.29, 0.717) is 43.0 Å². The van der Waals surface area contributed by atoms with Gasteiger partial charge in [0.05, 0.1) is 5.56 Å². The second-order valence-corrected chi connectivity index (χ2v) is 7.81. The average Bonchev–Trinajstić information content (AvgIpc) is 3.39. The molecule has 168 valence electrons. The topological polar surface area (TPSA) is 72.7 Å². The van der Waals surface area contributed by atoms with Crippen molar-refractivity contribution in [3.05, 3.63) is 80.3 Å². The molecule has 9 heteroatoms. The van der Waals surface area contributed by atoms with E-state index in [2.05, 4.69) is 9.97 Å². The number of hydrogen-bond acceptors (Lipinski definition) is 3. The molecule has 2 aromatic heterocycles. The van der Waals surface area contributed by atoms with E-state index >= 15 is 0 Å². The Kier molecular flexibility index (Phi) is 5.66. The van der Waals surface area contributed by atoms with E-state index in [1.807, 2.05) is 32.1 Å². The maximum Gasteiger partial charge on any atom is 0.416 e. The number of aromatic amines is 1. The molecule has 1 atom stereocenters. The molecule has 0 saturated carbocycles. The van der Waals surface area contributed by atoms with Crippen LogP contribution in [0.3, 0.4) is 0 Å². The van der Waals surface area contributed by atoms with Crippen LogP contribution in [0.15, 0.2) is 52.1 Å². The van der Waals surface area contributed by atoms with Crippen molar-refractivity contribution in [2.75, 3.05) is 0 Å². The Morgan fingerprint density at radius 3 is 2.62 bits per heavy atom. The van der Waals surface area contributed by atoms with Gasteiger partial charge in [0, 0.05) is 24.6 Å². The van der Waals surface area contributed by atoms with Crippen molar-refractivity contribution in [3.8, 4) is 0 Å². The minimum Gasteiger partial charge on any atom is -0.332 e. The summed E-state index contributed by atoms with van der Waals surface area (Å²) in [5.41, 5.74) is 0.431. The molecule has 1 aromatic carbocycles. The van der Waals surface area contributed by atoms with Gasteiger partial charge in [-0.05, 0) is 31.4 Å². The third-order valence-electron chi connectivity index (χ3n) is 5.54. The van der Waals surface area contributed by atoms with E-state index in [4.69, 9.17) is 0 Å². The summed E-state index contributed by atoms with van der Waals surface area (Å²) in [7, 11) is 0. The molecule has 0 fully saturated rings. The van der Waals surface area contributed by atoms with Crippen LogP contribution in [0.5, 0.6) is 0 Å². The number of H-pyrrole nitrogens is 1. The van der Waals surface area contributed by atoms with E-state index in [9.17, 15) is 22.8 Å². The molecular weight excluding hydrogens is 421 g/mol. The number of halogens is 3. The highest BCUT2D eigenvalue weighted by atomic mass is 19.4. The molecule has 32 heavy (non-hydrogen) atoms. The standard InChI is InChI=1S/C23H23F3N4O2/c1-3-10-30-21(31)18-20(29(4-2)22(30)32)28-19(27-18)16-9-8-15(12-16)11-14-6-5-7-17(13-14)23(24,25)26/h5-9,12-13,15H,3-4,10-11H2,1-2H3,(H,27,28). The summed E-state index contributed by atoms with van der Waals surface area (Å²) >= 11 is 0. The van der Waals surface area contributed by atoms with E-state index in [1.165, 1.54) is 15.2 Å². The highest BCUT2D eigenvalue weighted by Crippen LogP contribution is 2.31. The number of fused-ring (bicyclic) bond motifs is 1. The van der Waals surface area contributed by atoms with Crippen LogP contribution in [0.25, 0.3) is 16.7 Å². The number of benzene rings is 1. The zero-order chi connectivity index (χ0) is 23.0. The molecular formula is C23H23F3N4O2. The van der Waals surface area contributed by atoms with Gasteiger partial charge in [0.2, 0.25) is 0 Å². The van der Waals surface area contributed by atoms with Gasteiger partial charge in [-0.1, -0.05) is 43.4 Å². The van der Waals surface area contributed by atoms with Crippen LogP contribution in [0.2, 0.25) is 0 Å². The van der Waals surface area contributed by atoms with Crippen LogP contribution >= 0.6 is 0 Å². The van der Waals surface area contributed by atoms with Crippen LogP contribution in [0.4, 0.5) is 13.2 Å². The van der Waals surface area contributed by atoms with Gasteiger partial charge in [0.15, 0.2) is 5.65 Å². The molecule has 3 aromatic rings. The molecule has 2 heterocycles. The SMILES string of the molecule is CCCn1c(=O)c2[nH]c(C3=CC(Cc4cccc(C(F)(F)F)c4)C=C3)nc2n(CC)c1=O. The van der Waals surface area contributed by atoms with Crippen LogP contribution < -0.4 is 11.2 Å². The van der Waals surface area contributed by atoms with Gasteiger partial charge in [-0.3, -0.25) is 13.9 Å². The number of hydrogen-bond donors (Lipinski definition) is 1. The first-order valence-corrected chi connectivity index (χ1v) is 10.5. The Bertz CT molecular complexity index is 1340. The minimum absolute atomic E-state index is 0.105. The summed E-state index contributed by atoms with van der Waals surface area (Å²) < 4.78 is 41.6. The third kappa shape index (κ3) is 3.94. The van der Waals surface area contributed by atoms with Gasteiger partial charge in [-0.2, -0.15) is 13.2 Å². The van der Waals surface area contributed by atoms with Crippen LogP contribution in [-0.4, -0.2) is 19.1 Å². The van der Waals surface area contributed by atoms with Crippen molar-refractivity contribution in [2.24, 2.45) is 5.92 Å². The molecule has 0 bridgehead atoms. The van der Waals surface area contributed by atoms with Gasteiger partial charge in [0.25, 0.3) is 5.56 Å². The lowest BCUT2D eigenvalue weighted by Gasteiger charge is -2.10. The molecule has 1 N–H and O–H groups in total. The molecule has 4 rings (SSSR count). The predicted molar refractivity (Wildman–Crippen MR) is 116 cm³/mol. The average molecular weight is 444 g/mol. The molecule has 0 spiro atoms. The maximum atomic E-state index is 13.0. The van der Waals surface area contributed by atoms with Crippen molar-refractivity contribution in [2.45, 2.75) is 46.0 Å². The second kappa shape index (κ2) is 8.29. The monoisotopic (exact) mass is 444 g/mol. The number of alkyl halides is 3. The summed E-state index contributed by atoms with van der Waals surface area (Å²) in [6, 6.07) is 5.30. The van der Waals surface area contributed by atoms with E-state index < -0.39 is 17.3 Å². The first kappa shape index (κ1) is 21.9. The quantitative estimate of drug-likeness (QED) is 0.621. The highest BCUT2D eigenvalue weighted by Gasteiger charge is 2.30. The smallest absolute Gasteiger partial charge is 0.332 e. The molecule has 0 radical (unpaired) electrons. The van der Waals surface area contributed by atoms with Crippen molar-refractivity contribution in [1.29, 1.82) is 0 Å². The maximum absolute atomic E-state index is 13.0. The Balaban J connectivity index is 1.67. The van der Waals surface area contributed by atoms with Gasteiger partial charge < -0.3 is 4.98 Å². The first-order valence-electron chi connectivity index (χ1n) is 10.5. The number of nitrogens with zero attached hydrogens (tertiary/aromatic N) is 3. The van der Waals surface area contributed by atoms with Crippen LogP contribution in [-0.2, 0) is 25.7 Å². The zero-order valence-electron chi connectivity index (χ0n) is 17.7. The number of aryl methyl sites for hydroxylation is 1. The third-order valence-corrected chi connectivity index (χ3v) is 5.54. The largest absolute Gasteiger partial charge is 0.416 e. The Morgan fingerprint density at radius 1 is 1.16 bits per heavy atom. The Labute approximate surface area is 181 Å². The number of imidazole rings is 1. The molecule has 6 nitrogen and oxygen atoms in total. The lowest BCUT2D eigenvalue weighted by molar-refractivity contribution is -0.137. The Hall–Kier alpha value is -3.36. The highest BCUT2D eigenvalue weighted by molar-refractivity contribution is 5.79. The number of nitrogens with one attached hydrogen (secondary N) is 1. The fourth-order valence-electron chi connectivity index (χ4n) is 4.01. The van der Waals surface area contributed by atoms with Crippen molar-refractivity contribution < 1.29 is 13.2 Å². The summed E-state index contributed by atoms with van der Waals surface area (Å²) in [5.74, 6) is 0.350. The molecule has 1 aliphatic rings. The predicted octanol–water partition coefficient (Wildman–Crippen LogP) is 4.15. The van der Waals surface area contributed by atoms with Gasteiger partial charge >= 0.3 is 11.9 Å². The summed E-state index contributed by atoms with van der Waals surface area (Å²) in [6.07, 6.45) is 2.30. The van der Waals surface area contributed by atoms with E-state index in [-0.39, 0.29) is 17.1 Å². The molecule has 1 aliphatic carbocycles. The van der Waals surface area contributed by atoms with Gasteiger partial charge in [-0.15, -0.1) is 0 Å². The summed E-state index contributed by atoms with van der Waals surface area (Å²) in [6.45, 7) is 4.40. The lowest BCUT2D eigenvalue weighted by Crippen LogP contribution is -2.39. The lowest BCUT2D eigenvalue weighted by atomic mass is 9.99. The summed E-state index contributed by atoms with van der Waals surface area (Å²) in [4.78, 5) is 33.0. The fraction of sp³-hybridized carbons (Fsp3) is 0.348. The number of allylic oxidation sites excluding steroid dienone is 4. The molecule has 0 amide bonds. The van der Waals surface area contributed by atoms with Crippen molar-refractivity contribution >= 4 is 16.7 Å². The summed E-state index contributed by atoms with van der Waals surface area (Å²) in [5, 5.41) is 0. The van der Waals surface area contributed by atoms with Crippen molar-refractivity contribution in [3.63, 3.8) is 0 Å². The molecule has 0 saturated heterocycles. The van der Waals surface area contributed by atoms with Crippen LogP contribution in [0.1, 0.15) is 37.2 Å². The fourth-order valence-corrected chi connectivity index (χ4v) is 4.01. The normalized spacial score (nSPS) is 16.2. The second-order valence-electron chi connectivity index (χ2n) is 7.81. The first-order chi connectivity index (χ1) is 15.2. The van der Waals surface area contributed by atoms with Crippen molar-refractivity contribution in [1.82, 2.24) is 19.1 Å². The Morgan fingerprint density at radius 2 is 1.94 bits per heavy atom. The molecule has 0 aliphatic heterocycles. The number of aromatic nitrogens is 4. The zero-order valence-corrected chi connectivity index (χ0v) is 17.7. The molecule has 1 unspecified atom stereocenters. The van der Waals surface area contributed by atoms with Gasteiger partial charge in [0.1, 0.15) is 11.3 Å². The van der Waals surface area contributed by atoms with E-state index in [0.717, 1.165) is 17.7 Å².